The Morgan fingerprint density at radius 1 is 1.36 bits per heavy atom. The lowest BCUT2D eigenvalue weighted by molar-refractivity contribution is -0.185. The fourth-order valence-electron chi connectivity index (χ4n) is 2.61. The number of carbonyl (C=O) groups is 2. The molecule has 1 heterocycles. The summed E-state index contributed by atoms with van der Waals surface area (Å²) in [6.45, 7) is 4.73. The van der Waals surface area contributed by atoms with E-state index >= 15 is 0 Å². The largest absolute Gasteiger partial charge is 0.471 e. The smallest absolute Gasteiger partial charge is 0.331 e. The quantitative estimate of drug-likeness (QED) is 0.822. The molecule has 1 aromatic rings. The molecule has 1 saturated heterocycles. The highest BCUT2D eigenvalue weighted by Crippen LogP contribution is 2.22. The minimum absolute atomic E-state index is 0.0549. The summed E-state index contributed by atoms with van der Waals surface area (Å²) < 4.78 is 37.8. The molecular weight excluding hydrogens is 335 g/mol. The number of hydrogen-bond acceptors (Lipinski definition) is 3. The first-order chi connectivity index (χ1) is 11.7. The molecule has 5 nitrogen and oxygen atoms in total. The molecule has 0 bridgehead atoms. The maximum Gasteiger partial charge on any atom is 0.471 e. The van der Waals surface area contributed by atoms with Crippen molar-refractivity contribution < 1.29 is 22.8 Å². The van der Waals surface area contributed by atoms with E-state index in [1.54, 1.807) is 24.3 Å². The molecule has 0 saturated carbocycles. The van der Waals surface area contributed by atoms with Crippen molar-refractivity contribution in [2.75, 3.05) is 25.0 Å². The van der Waals surface area contributed by atoms with Crippen LogP contribution in [0.1, 0.15) is 19.4 Å². The lowest BCUT2D eigenvalue weighted by Crippen LogP contribution is -2.48. The van der Waals surface area contributed by atoms with Crippen LogP contribution in [0.25, 0.3) is 0 Å². The number of alkyl halides is 3. The number of rotatable bonds is 6. The zero-order valence-corrected chi connectivity index (χ0v) is 14.2. The van der Waals surface area contributed by atoms with Gasteiger partial charge in [-0.1, -0.05) is 19.1 Å². The van der Waals surface area contributed by atoms with Gasteiger partial charge < -0.3 is 15.5 Å². The fourth-order valence-corrected chi connectivity index (χ4v) is 2.61. The van der Waals surface area contributed by atoms with Gasteiger partial charge in [0.2, 0.25) is 5.91 Å². The predicted octanol–water partition coefficient (Wildman–Crippen LogP) is 2.39. The van der Waals surface area contributed by atoms with Crippen molar-refractivity contribution in [3.63, 3.8) is 0 Å². The van der Waals surface area contributed by atoms with Crippen LogP contribution in [-0.2, 0) is 16.1 Å². The van der Waals surface area contributed by atoms with Crippen molar-refractivity contribution in [2.45, 2.75) is 26.6 Å². The Morgan fingerprint density at radius 2 is 2.04 bits per heavy atom. The standard InChI is InChI=1S/C17H22F3N3O2/c1-3-23(16(25)17(18,19)20)10-12-5-4-6-14(7-12)22-15(24)11(2)13-8-21-9-13/h4-7,11,13,21H,3,8-10H2,1-2H3,(H,22,24). The van der Waals surface area contributed by atoms with E-state index in [0.717, 1.165) is 18.0 Å². The van der Waals surface area contributed by atoms with Gasteiger partial charge in [0.15, 0.2) is 0 Å². The molecule has 1 atom stereocenters. The second kappa shape index (κ2) is 7.86. The van der Waals surface area contributed by atoms with E-state index in [0.29, 0.717) is 17.2 Å². The predicted molar refractivity (Wildman–Crippen MR) is 87.7 cm³/mol. The van der Waals surface area contributed by atoms with Crippen LogP contribution in [0.4, 0.5) is 18.9 Å². The molecule has 1 unspecified atom stereocenters. The van der Waals surface area contributed by atoms with E-state index in [4.69, 9.17) is 0 Å². The second-order valence-corrected chi connectivity index (χ2v) is 6.21. The zero-order valence-electron chi connectivity index (χ0n) is 14.2. The van der Waals surface area contributed by atoms with Gasteiger partial charge in [0, 0.05) is 24.7 Å². The van der Waals surface area contributed by atoms with Crippen molar-refractivity contribution in [1.29, 1.82) is 0 Å². The van der Waals surface area contributed by atoms with Crippen LogP contribution < -0.4 is 10.6 Å². The molecule has 8 heteroatoms. The molecule has 2 rings (SSSR count). The summed E-state index contributed by atoms with van der Waals surface area (Å²) in [7, 11) is 0. The van der Waals surface area contributed by atoms with E-state index in [9.17, 15) is 22.8 Å². The Labute approximate surface area is 144 Å². The number of amides is 2. The van der Waals surface area contributed by atoms with Crippen LogP contribution in [0.2, 0.25) is 0 Å². The Kier molecular flexibility index (Phi) is 6.05. The summed E-state index contributed by atoms with van der Waals surface area (Å²) in [6, 6.07) is 6.54. The molecule has 138 valence electrons. The monoisotopic (exact) mass is 357 g/mol. The average molecular weight is 357 g/mol. The third kappa shape index (κ3) is 4.94. The molecule has 1 fully saturated rings. The molecule has 1 aromatic carbocycles. The number of benzene rings is 1. The summed E-state index contributed by atoms with van der Waals surface area (Å²) in [4.78, 5) is 24.3. The maximum absolute atomic E-state index is 12.6. The first-order valence-corrected chi connectivity index (χ1v) is 8.19. The van der Waals surface area contributed by atoms with E-state index < -0.39 is 12.1 Å². The van der Waals surface area contributed by atoms with E-state index in [2.05, 4.69) is 10.6 Å². The number of halogens is 3. The Balaban J connectivity index is 2.02. The lowest BCUT2D eigenvalue weighted by Gasteiger charge is -2.31. The molecular formula is C17H22F3N3O2. The van der Waals surface area contributed by atoms with Crippen molar-refractivity contribution in [3.05, 3.63) is 29.8 Å². The van der Waals surface area contributed by atoms with Crippen LogP contribution in [-0.4, -0.2) is 42.5 Å². The van der Waals surface area contributed by atoms with Gasteiger partial charge in [0.1, 0.15) is 0 Å². The highest BCUT2D eigenvalue weighted by atomic mass is 19.4. The van der Waals surface area contributed by atoms with Crippen LogP contribution in [0.5, 0.6) is 0 Å². The Morgan fingerprint density at radius 3 is 2.56 bits per heavy atom. The minimum atomic E-state index is -4.89. The third-order valence-electron chi connectivity index (χ3n) is 4.41. The maximum atomic E-state index is 12.6. The summed E-state index contributed by atoms with van der Waals surface area (Å²) in [5.41, 5.74) is 1.03. The number of anilines is 1. The van der Waals surface area contributed by atoms with Crippen LogP contribution in [0.3, 0.4) is 0 Å². The van der Waals surface area contributed by atoms with Crippen molar-refractivity contribution >= 4 is 17.5 Å². The number of carbonyl (C=O) groups excluding carboxylic acids is 2. The van der Waals surface area contributed by atoms with E-state index in [1.165, 1.54) is 6.92 Å². The Bertz CT molecular complexity index is 630. The molecule has 2 amide bonds. The van der Waals surface area contributed by atoms with Gasteiger partial charge in [0.25, 0.3) is 0 Å². The number of nitrogens with one attached hydrogen (secondary N) is 2. The second-order valence-electron chi connectivity index (χ2n) is 6.21. The molecule has 1 aliphatic heterocycles. The first kappa shape index (κ1) is 19.2. The average Bonchev–Trinajstić information content (AvgIpc) is 2.49. The van der Waals surface area contributed by atoms with Gasteiger partial charge in [-0.15, -0.1) is 0 Å². The molecule has 0 aromatic heterocycles. The highest BCUT2D eigenvalue weighted by Gasteiger charge is 2.41. The molecule has 25 heavy (non-hydrogen) atoms. The lowest BCUT2D eigenvalue weighted by atomic mass is 9.88. The van der Waals surface area contributed by atoms with Gasteiger partial charge in [-0.25, -0.2) is 0 Å². The van der Waals surface area contributed by atoms with Crippen molar-refractivity contribution in [2.24, 2.45) is 11.8 Å². The summed E-state index contributed by atoms with van der Waals surface area (Å²) >= 11 is 0. The summed E-state index contributed by atoms with van der Waals surface area (Å²) in [5, 5.41) is 5.90. The van der Waals surface area contributed by atoms with Gasteiger partial charge >= 0.3 is 12.1 Å². The van der Waals surface area contributed by atoms with Crippen molar-refractivity contribution in [3.8, 4) is 0 Å². The zero-order chi connectivity index (χ0) is 18.6. The van der Waals surface area contributed by atoms with Crippen LogP contribution >= 0.6 is 0 Å². The van der Waals surface area contributed by atoms with Gasteiger partial charge in [-0.2, -0.15) is 13.2 Å². The van der Waals surface area contributed by atoms with Crippen molar-refractivity contribution in [1.82, 2.24) is 10.2 Å². The fraction of sp³-hybridized carbons (Fsp3) is 0.529. The SMILES string of the molecule is CCN(Cc1cccc(NC(=O)C(C)C2CNC2)c1)C(=O)C(F)(F)F. The normalized spacial score (nSPS) is 16.0. The van der Waals surface area contributed by atoms with Gasteiger partial charge in [-0.3, -0.25) is 9.59 Å². The van der Waals surface area contributed by atoms with Crippen LogP contribution in [0, 0.1) is 11.8 Å². The van der Waals surface area contributed by atoms with Gasteiger partial charge in [0.05, 0.1) is 0 Å². The molecule has 0 radical (unpaired) electrons. The third-order valence-corrected chi connectivity index (χ3v) is 4.41. The molecule has 0 spiro atoms. The summed E-state index contributed by atoms with van der Waals surface area (Å²) in [6.07, 6.45) is -4.89. The first-order valence-electron chi connectivity index (χ1n) is 8.19. The number of hydrogen-bond donors (Lipinski definition) is 2. The highest BCUT2D eigenvalue weighted by molar-refractivity contribution is 5.92. The Hall–Kier alpha value is -2.09. The molecule has 0 aliphatic carbocycles. The minimum Gasteiger partial charge on any atom is -0.331 e. The molecule has 1 aliphatic rings. The van der Waals surface area contributed by atoms with Crippen LogP contribution in [0.15, 0.2) is 24.3 Å². The van der Waals surface area contributed by atoms with E-state index in [1.807, 2.05) is 6.92 Å². The number of nitrogens with zero attached hydrogens (tertiary/aromatic N) is 1. The summed E-state index contributed by atoms with van der Waals surface area (Å²) in [5.74, 6) is -1.84. The van der Waals surface area contributed by atoms with E-state index in [-0.39, 0.29) is 24.9 Å². The molecule has 2 N–H and O–H groups in total. The topological polar surface area (TPSA) is 61.4 Å². The van der Waals surface area contributed by atoms with Gasteiger partial charge in [-0.05, 0) is 43.6 Å².